The first kappa shape index (κ1) is 43.2. The number of halogens is 2. The van der Waals surface area contributed by atoms with Crippen LogP contribution in [0.15, 0.2) is 36.7 Å². The van der Waals surface area contributed by atoms with E-state index in [-0.39, 0.29) is 60.5 Å². The van der Waals surface area contributed by atoms with Crippen molar-refractivity contribution in [3.8, 4) is 34.9 Å². The van der Waals surface area contributed by atoms with Gasteiger partial charge in [-0.15, -0.1) is 24.8 Å². The third kappa shape index (κ3) is 10.3. The van der Waals surface area contributed by atoms with E-state index in [0.717, 1.165) is 42.5 Å². The number of amides is 4. The second-order valence-electron chi connectivity index (χ2n) is 13.5. The second-order valence-corrected chi connectivity index (χ2v) is 13.5. The number of methoxy groups -OCH3 is 2. The highest BCUT2D eigenvalue weighted by molar-refractivity contribution is 5.87. The summed E-state index contributed by atoms with van der Waals surface area (Å²) in [4.78, 5) is 69.8. The number of carbonyl (C=O) groups is 4. The summed E-state index contributed by atoms with van der Waals surface area (Å²) in [7, 11) is 2.55. The molecule has 290 valence electrons. The van der Waals surface area contributed by atoms with Gasteiger partial charge in [0.15, 0.2) is 0 Å². The number of H-pyrrole nitrogens is 2. The molecule has 4 atom stereocenters. The molecule has 2 aliphatic rings. The lowest BCUT2D eigenvalue weighted by Crippen LogP contribution is -2.51. The van der Waals surface area contributed by atoms with E-state index in [0.29, 0.717) is 30.4 Å². The number of nitrogens with zero attached hydrogens (tertiary/aromatic N) is 4. The van der Waals surface area contributed by atoms with Crippen molar-refractivity contribution in [2.75, 3.05) is 27.3 Å². The van der Waals surface area contributed by atoms with Gasteiger partial charge in [-0.1, -0.05) is 45.7 Å². The molecule has 2 fully saturated rings. The van der Waals surface area contributed by atoms with Crippen molar-refractivity contribution in [2.24, 2.45) is 11.8 Å². The number of rotatable bonds is 9. The van der Waals surface area contributed by atoms with Gasteiger partial charge in [0.2, 0.25) is 11.8 Å². The minimum absolute atomic E-state index is 0. The van der Waals surface area contributed by atoms with E-state index >= 15 is 0 Å². The Morgan fingerprint density at radius 1 is 0.741 bits per heavy atom. The lowest BCUT2D eigenvalue weighted by atomic mass is 10.0. The molecule has 54 heavy (non-hydrogen) atoms. The molecule has 16 heteroatoms. The second kappa shape index (κ2) is 19.8. The quantitative estimate of drug-likeness (QED) is 0.216. The van der Waals surface area contributed by atoms with Gasteiger partial charge in [0.05, 0.1) is 44.4 Å². The Kier molecular flexibility index (Phi) is 15.8. The number of likely N-dealkylation sites (tertiary alicyclic amines) is 2. The first-order valence-corrected chi connectivity index (χ1v) is 17.5. The zero-order valence-electron chi connectivity index (χ0n) is 31.2. The summed E-state index contributed by atoms with van der Waals surface area (Å²) in [6.45, 7) is 8.68. The summed E-state index contributed by atoms with van der Waals surface area (Å²) in [5.41, 5.74) is 3.11. The molecule has 5 rings (SSSR count). The highest BCUT2D eigenvalue weighted by atomic mass is 35.5. The van der Waals surface area contributed by atoms with Crippen molar-refractivity contribution >= 4 is 48.8 Å². The SMILES string of the molecule is COC(=O)N[C@H](C(=O)N1CCC[C@@H]1c1ncc(C#CC#Cc2ccc(-c3cnc([C@H]4CCCN4C(=O)[C@@H](NC(=O)OC)C(C)C)[nH]3)cc2)[nH]1)C(C)C.Cl.Cl. The number of benzene rings is 1. The van der Waals surface area contributed by atoms with Crippen LogP contribution in [-0.2, 0) is 19.1 Å². The van der Waals surface area contributed by atoms with E-state index in [4.69, 9.17) is 9.47 Å². The minimum Gasteiger partial charge on any atom is -0.453 e. The van der Waals surface area contributed by atoms with Crippen molar-refractivity contribution in [2.45, 2.75) is 77.5 Å². The molecule has 0 radical (unpaired) electrons. The van der Waals surface area contributed by atoms with Gasteiger partial charge < -0.3 is 39.9 Å². The predicted molar refractivity (Wildman–Crippen MR) is 207 cm³/mol. The molecule has 4 amide bonds. The maximum absolute atomic E-state index is 13.4. The third-order valence-electron chi connectivity index (χ3n) is 9.34. The zero-order valence-corrected chi connectivity index (χ0v) is 32.9. The Bertz CT molecular complexity index is 1890. The van der Waals surface area contributed by atoms with Crippen LogP contribution in [0.25, 0.3) is 11.3 Å². The summed E-state index contributed by atoms with van der Waals surface area (Å²) < 4.78 is 9.44. The van der Waals surface area contributed by atoms with Gasteiger partial charge >= 0.3 is 12.2 Å². The van der Waals surface area contributed by atoms with E-state index in [1.165, 1.54) is 14.2 Å². The first-order valence-electron chi connectivity index (χ1n) is 17.5. The molecule has 2 aliphatic heterocycles. The van der Waals surface area contributed by atoms with Crippen LogP contribution < -0.4 is 10.6 Å². The fourth-order valence-corrected chi connectivity index (χ4v) is 6.54. The largest absolute Gasteiger partial charge is 0.453 e. The van der Waals surface area contributed by atoms with Gasteiger partial charge in [-0.2, -0.15) is 0 Å². The van der Waals surface area contributed by atoms with E-state index in [1.807, 2.05) is 52.0 Å². The molecule has 4 N–H and O–H groups in total. The van der Waals surface area contributed by atoms with Gasteiger partial charge in [0, 0.05) is 18.7 Å². The van der Waals surface area contributed by atoms with Crippen molar-refractivity contribution in [1.82, 2.24) is 40.4 Å². The number of carbonyl (C=O) groups excluding carboxylic acids is 4. The fraction of sp³-hybridized carbons (Fsp3) is 0.474. The summed E-state index contributed by atoms with van der Waals surface area (Å²) in [5, 5.41) is 5.33. The Morgan fingerprint density at radius 2 is 1.22 bits per heavy atom. The number of aromatic nitrogens is 4. The van der Waals surface area contributed by atoms with Gasteiger partial charge in [0.1, 0.15) is 29.4 Å². The highest BCUT2D eigenvalue weighted by Gasteiger charge is 2.38. The molecule has 0 bridgehead atoms. The zero-order chi connectivity index (χ0) is 37.4. The van der Waals surface area contributed by atoms with Crippen LogP contribution in [0.5, 0.6) is 0 Å². The number of hydrogen-bond donors (Lipinski definition) is 4. The number of ether oxygens (including phenoxy) is 2. The van der Waals surface area contributed by atoms with Crippen molar-refractivity contribution in [3.05, 3.63) is 59.6 Å². The van der Waals surface area contributed by atoms with E-state index in [2.05, 4.69) is 54.3 Å². The molecule has 3 aromatic rings. The number of nitrogens with one attached hydrogen (secondary N) is 4. The summed E-state index contributed by atoms with van der Waals surface area (Å²) in [6, 6.07) is 5.84. The van der Waals surface area contributed by atoms with Crippen LogP contribution in [0.4, 0.5) is 9.59 Å². The van der Waals surface area contributed by atoms with E-state index in [9.17, 15) is 19.2 Å². The topological polar surface area (TPSA) is 175 Å². The van der Waals surface area contributed by atoms with E-state index in [1.54, 1.807) is 22.2 Å². The summed E-state index contributed by atoms with van der Waals surface area (Å²) in [6.07, 6.45) is 5.30. The number of imidazole rings is 2. The number of hydrogen-bond acceptors (Lipinski definition) is 8. The predicted octanol–water partition coefficient (Wildman–Crippen LogP) is 5.13. The minimum atomic E-state index is -0.703. The Hall–Kier alpha value is -5.18. The van der Waals surface area contributed by atoms with Crippen molar-refractivity contribution < 1.29 is 28.7 Å². The van der Waals surface area contributed by atoms with E-state index < -0.39 is 24.3 Å². The monoisotopic (exact) mass is 782 g/mol. The van der Waals surface area contributed by atoms with Gasteiger partial charge in [-0.25, -0.2) is 19.6 Å². The molecular weight excluding hydrogens is 735 g/mol. The molecule has 0 unspecified atom stereocenters. The van der Waals surface area contributed by atoms with Gasteiger partial charge in [-0.3, -0.25) is 9.59 Å². The fourth-order valence-electron chi connectivity index (χ4n) is 6.54. The summed E-state index contributed by atoms with van der Waals surface area (Å²) >= 11 is 0. The first-order chi connectivity index (χ1) is 25.0. The van der Waals surface area contributed by atoms with Crippen LogP contribution in [0.2, 0.25) is 0 Å². The molecule has 0 aliphatic carbocycles. The van der Waals surface area contributed by atoms with Gasteiger partial charge in [0.25, 0.3) is 0 Å². The third-order valence-corrected chi connectivity index (χ3v) is 9.34. The smallest absolute Gasteiger partial charge is 0.407 e. The van der Waals surface area contributed by atoms with Gasteiger partial charge in [-0.05, 0) is 73.0 Å². The maximum Gasteiger partial charge on any atom is 0.407 e. The molecule has 2 saturated heterocycles. The number of aromatic amines is 2. The number of alkyl carbamates (subject to hydrolysis) is 2. The Labute approximate surface area is 328 Å². The average molecular weight is 784 g/mol. The van der Waals surface area contributed by atoms with Crippen LogP contribution in [0.1, 0.15) is 88.4 Å². The van der Waals surface area contributed by atoms with Crippen LogP contribution in [0, 0.1) is 35.5 Å². The molecule has 2 aromatic heterocycles. The molecular formula is C38H48Cl2N8O6. The lowest BCUT2D eigenvalue weighted by Gasteiger charge is -2.30. The van der Waals surface area contributed by atoms with Crippen LogP contribution in [0.3, 0.4) is 0 Å². The molecule has 0 saturated carbocycles. The molecule has 1 aromatic carbocycles. The normalized spacial score (nSPS) is 17.2. The lowest BCUT2D eigenvalue weighted by molar-refractivity contribution is -0.136. The Morgan fingerprint density at radius 3 is 1.72 bits per heavy atom. The highest BCUT2D eigenvalue weighted by Crippen LogP contribution is 2.33. The molecule has 4 heterocycles. The molecule has 0 spiro atoms. The van der Waals surface area contributed by atoms with Crippen LogP contribution in [-0.4, -0.2) is 93.1 Å². The standard InChI is InChI=1S/C38H46N8O6.2ClH/c1-23(2)31(43-37(49)51-5)35(47)45-19-9-13-29(45)33-39-21-27(41-33)12-8-7-11-25-15-17-26(18-16-25)28-22-40-34(42-28)30-14-10-20-46(30)36(48)32(24(3)4)44-38(50)52-6;;/h15-18,21-24,29-32H,9-10,13-14,19-20H2,1-6H3,(H,39,41)(H,40,42)(H,43,49)(H,44,50);2*1H/t29-,30-,31+,32+;;/m1../s1. The molecule has 14 nitrogen and oxygen atoms in total. The van der Waals surface area contributed by atoms with Crippen molar-refractivity contribution in [3.63, 3.8) is 0 Å². The summed E-state index contributed by atoms with van der Waals surface area (Å²) in [5.74, 6) is 12.6. The Balaban J connectivity index is 0.00000392. The maximum atomic E-state index is 13.4. The average Bonchev–Trinajstić information content (AvgIpc) is 3.97. The van der Waals surface area contributed by atoms with Crippen molar-refractivity contribution in [1.29, 1.82) is 0 Å². The van der Waals surface area contributed by atoms with Crippen LogP contribution >= 0.6 is 24.8 Å².